The molecule has 3 rings (SSSR count). The first kappa shape index (κ1) is 23.0. The van der Waals surface area contributed by atoms with Gasteiger partial charge in [0.05, 0.1) is 5.56 Å². The van der Waals surface area contributed by atoms with Crippen LogP contribution in [-0.2, 0) is 33.7 Å². The van der Waals surface area contributed by atoms with Crippen LogP contribution in [0.3, 0.4) is 0 Å². The van der Waals surface area contributed by atoms with Gasteiger partial charge in [-0.3, -0.25) is 23.4 Å². The molecule has 3 aromatic rings. The highest BCUT2D eigenvalue weighted by molar-refractivity contribution is 7.94. The largest absolute Gasteiger partial charge is 0.452 e. The summed E-state index contributed by atoms with van der Waals surface area (Å²) in [5.41, 5.74) is -0.883. The lowest BCUT2D eigenvalue weighted by Crippen LogP contribution is -2.38. The van der Waals surface area contributed by atoms with E-state index in [9.17, 15) is 27.6 Å². The molecule has 0 saturated carbocycles. The quantitative estimate of drug-likeness (QED) is 0.476. The number of hydrogen-bond acceptors (Lipinski definition) is 8. The van der Waals surface area contributed by atoms with Crippen molar-refractivity contribution in [2.24, 2.45) is 14.1 Å². The molecule has 0 aliphatic carbocycles. The van der Waals surface area contributed by atoms with E-state index in [2.05, 4.69) is 10.0 Å². The Bertz CT molecular complexity index is 1370. The fourth-order valence-corrected chi connectivity index (χ4v) is 4.59. The Hall–Kier alpha value is -3.71. The third-order valence-corrected chi connectivity index (χ3v) is 7.04. The van der Waals surface area contributed by atoms with Gasteiger partial charge in [0.1, 0.15) is 10.0 Å². The average molecular weight is 479 g/mol. The van der Waals surface area contributed by atoms with Crippen molar-refractivity contribution in [2.45, 2.75) is 4.21 Å². The Balaban J connectivity index is 1.59. The molecule has 2 N–H and O–H groups in total. The van der Waals surface area contributed by atoms with Gasteiger partial charge >= 0.3 is 11.7 Å². The zero-order valence-corrected chi connectivity index (χ0v) is 18.5. The van der Waals surface area contributed by atoms with E-state index in [0.29, 0.717) is 0 Å². The highest BCUT2D eigenvalue weighted by Crippen LogP contribution is 2.20. The third-order valence-electron chi connectivity index (χ3n) is 4.26. The third kappa shape index (κ3) is 5.12. The van der Waals surface area contributed by atoms with Gasteiger partial charge in [-0.15, -0.1) is 11.3 Å². The van der Waals surface area contributed by atoms with E-state index in [1.165, 1.54) is 44.4 Å². The summed E-state index contributed by atoms with van der Waals surface area (Å²) in [7, 11) is -1.04. The van der Waals surface area contributed by atoms with Crippen molar-refractivity contribution in [3.05, 3.63) is 74.2 Å². The van der Waals surface area contributed by atoms with Gasteiger partial charge in [0.2, 0.25) is 0 Å². The molecule has 0 aliphatic rings. The summed E-state index contributed by atoms with van der Waals surface area (Å²) in [6.45, 7) is -0.658. The molecule has 0 radical (unpaired) electrons. The molecule has 32 heavy (non-hydrogen) atoms. The molecular formula is C19H18N4O7S2. The topological polar surface area (TPSA) is 146 Å². The zero-order chi connectivity index (χ0) is 23.5. The second-order valence-electron chi connectivity index (χ2n) is 6.51. The lowest BCUT2D eigenvalue weighted by molar-refractivity contribution is -0.119. The summed E-state index contributed by atoms with van der Waals surface area (Å²) < 4.78 is 33.8. The fourth-order valence-electron chi connectivity index (χ4n) is 2.54. The number of aromatic nitrogens is 2. The van der Waals surface area contributed by atoms with E-state index in [4.69, 9.17) is 4.74 Å². The maximum absolute atomic E-state index is 12.2. The number of benzene rings is 1. The molecule has 13 heteroatoms. The standard InChI is InChI=1S/C19H18N4O7S2/c1-22-14(10-16(25)23(2)19(22)27)20-15(24)11-30-18(26)12-5-7-13(8-6-12)21-32(28,29)17-4-3-9-31-17/h3-10,21H,11H2,1-2H3,(H,20,24). The number of anilines is 2. The van der Waals surface area contributed by atoms with E-state index >= 15 is 0 Å². The van der Waals surface area contributed by atoms with Gasteiger partial charge in [0.25, 0.3) is 21.5 Å². The molecule has 2 heterocycles. The van der Waals surface area contributed by atoms with Crippen molar-refractivity contribution in [3.8, 4) is 0 Å². The second-order valence-corrected chi connectivity index (χ2v) is 9.36. The molecule has 0 spiro atoms. The summed E-state index contributed by atoms with van der Waals surface area (Å²) in [4.78, 5) is 47.8. The fraction of sp³-hybridized carbons (Fsp3) is 0.158. The molecule has 0 bridgehead atoms. The van der Waals surface area contributed by atoms with E-state index in [1.807, 2.05) is 0 Å². The van der Waals surface area contributed by atoms with Gasteiger partial charge in [-0.05, 0) is 35.7 Å². The predicted molar refractivity (Wildman–Crippen MR) is 117 cm³/mol. The average Bonchev–Trinajstić information content (AvgIpc) is 3.31. The van der Waals surface area contributed by atoms with Crippen molar-refractivity contribution >= 4 is 44.7 Å². The van der Waals surface area contributed by atoms with Crippen LogP contribution in [0.15, 0.2) is 61.6 Å². The number of sulfonamides is 1. The number of carbonyl (C=O) groups excluding carboxylic acids is 2. The van der Waals surface area contributed by atoms with Crippen LogP contribution < -0.4 is 21.3 Å². The van der Waals surface area contributed by atoms with Gasteiger partial charge in [-0.1, -0.05) is 6.07 Å². The van der Waals surface area contributed by atoms with Gasteiger partial charge in [-0.2, -0.15) is 0 Å². The number of ether oxygens (including phenoxy) is 1. The normalized spacial score (nSPS) is 11.1. The molecule has 0 unspecified atom stereocenters. The maximum atomic E-state index is 12.2. The number of nitrogens with one attached hydrogen (secondary N) is 2. The molecule has 1 amide bonds. The Morgan fingerprint density at radius 1 is 1.06 bits per heavy atom. The Labute approximate surface area is 185 Å². The van der Waals surface area contributed by atoms with Crippen LogP contribution in [0.25, 0.3) is 0 Å². The highest BCUT2D eigenvalue weighted by Gasteiger charge is 2.16. The number of amides is 1. The van der Waals surface area contributed by atoms with Crippen molar-refractivity contribution in [3.63, 3.8) is 0 Å². The Morgan fingerprint density at radius 3 is 2.38 bits per heavy atom. The summed E-state index contributed by atoms with van der Waals surface area (Å²) in [5.74, 6) is -1.60. The first-order chi connectivity index (χ1) is 15.1. The van der Waals surface area contributed by atoms with E-state index in [1.54, 1.807) is 11.4 Å². The molecule has 0 saturated heterocycles. The monoisotopic (exact) mass is 478 g/mol. The summed E-state index contributed by atoms with van der Waals surface area (Å²) in [6, 6.07) is 9.61. The second kappa shape index (κ2) is 9.20. The van der Waals surface area contributed by atoms with Crippen LogP contribution in [0.4, 0.5) is 11.5 Å². The molecule has 1 aromatic carbocycles. The van der Waals surface area contributed by atoms with Crippen LogP contribution in [0.5, 0.6) is 0 Å². The van der Waals surface area contributed by atoms with Gasteiger partial charge in [0.15, 0.2) is 6.61 Å². The minimum absolute atomic E-state index is 0.0403. The van der Waals surface area contributed by atoms with Gasteiger partial charge in [0, 0.05) is 25.8 Å². The molecule has 11 nitrogen and oxygen atoms in total. The van der Waals surface area contributed by atoms with Crippen LogP contribution in [0.2, 0.25) is 0 Å². The highest BCUT2D eigenvalue weighted by atomic mass is 32.2. The van der Waals surface area contributed by atoms with E-state index in [-0.39, 0.29) is 21.3 Å². The number of hydrogen-bond donors (Lipinski definition) is 2. The number of nitrogens with zero attached hydrogens (tertiary/aromatic N) is 2. The molecule has 0 aliphatic heterocycles. The SMILES string of the molecule is Cn1c(NC(=O)COC(=O)c2ccc(NS(=O)(=O)c3cccs3)cc2)cc(=O)n(C)c1=O. The Kier molecular flexibility index (Phi) is 6.60. The molecule has 168 valence electrons. The summed E-state index contributed by atoms with van der Waals surface area (Å²) >= 11 is 1.07. The van der Waals surface area contributed by atoms with Crippen molar-refractivity contribution < 1.29 is 22.7 Å². The van der Waals surface area contributed by atoms with Crippen molar-refractivity contribution in [1.29, 1.82) is 0 Å². The van der Waals surface area contributed by atoms with E-state index in [0.717, 1.165) is 26.5 Å². The van der Waals surface area contributed by atoms with Crippen LogP contribution in [-0.4, -0.2) is 36.0 Å². The first-order valence-electron chi connectivity index (χ1n) is 8.99. The molecular weight excluding hydrogens is 460 g/mol. The minimum atomic E-state index is -3.72. The molecule has 0 fully saturated rings. The number of rotatable bonds is 7. The lowest BCUT2D eigenvalue weighted by atomic mass is 10.2. The van der Waals surface area contributed by atoms with Gasteiger partial charge < -0.3 is 10.1 Å². The summed E-state index contributed by atoms with van der Waals surface area (Å²) in [5, 5.41) is 3.97. The van der Waals surface area contributed by atoms with Crippen LogP contribution in [0.1, 0.15) is 10.4 Å². The van der Waals surface area contributed by atoms with Crippen LogP contribution in [0, 0.1) is 0 Å². The van der Waals surface area contributed by atoms with Crippen LogP contribution >= 0.6 is 11.3 Å². The zero-order valence-electron chi connectivity index (χ0n) is 16.9. The van der Waals surface area contributed by atoms with E-state index < -0.39 is 39.8 Å². The first-order valence-corrected chi connectivity index (χ1v) is 11.3. The van der Waals surface area contributed by atoms with Gasteiger partial charge in [-0.25, -0.2) is 18.0 Å². The molecule has 2 aromatic heterocycles. The van der Waals surface area contributed by atoms with Crippen molar-refractivity contribution in [2.75, 3.05) is 16.6 Å². The summed E-state index contributed by atoms with van der Waals surface area (Å²) in [6.07, 6.45) is 0. The minimum Gasteiger partial charge on any atom is -0.452 e. The molecule has 0 atom stereocenters. The van der Waals surface area contributed by atoms with Crippen molar-refractivity contribution in [1.82, 2.24) is 9.13 Å². The maximum Gasteiger partial charge on any atom is 0.338 e. The number of esters is 1. The number of thiophene rings is 1. The lowest BCUT2D eigenvalue weighted by Gasteiger charge is -2.11. The smallest absolute Gasteiger partial charge is 0.338 e. The predicted octanol–water partition coefficient (Wildman–Crippen LogP) is 0.742. The Morgan fingerprint density at radius 2 is 1.75 bits per heavy atom. The number of carbonyl (C=O) groups is 2.